The van der Waals surface area contributed by atoms with Gasteiger partial charge in [0, 0.05) is 36.2 Å². The lowest BCUT2D eigenvalue weighted by Crippen LogP contribution is -2.56. The molecular weight excluding hydrogens is 1280 g/mol. The third-order valence-electron chi connectivity index (χ3n) is 19.3. The Morgan fingerprint density at radius 2 is 1.09 bits per heavy atom. The van der Waals surface area contributed by atoms with Crippen molar-refractivity contribution in [2.45, 2.75) is 93.3 Å². The van der Waals surface area contributed by atoms with Crippen LogP contribution in [0.1, 0.15) is 114 Å². The Morgan fingerprint density at radius 3 is 1.76 bits per heavy atom. The fraction of sp³-hybridized carbons (Fsp3) is 0.290. The molecular formula is C69H62Cl2N8O17. The molecule has 25 nitrogen and oxygen atoms in total. The van der Waals surface area contributed by atoms with E-state index in [1.807, 2.05) is 0 Å². The number of fused-ring (bicyclic) bond motifs is 14. The molecule has 21 bridgehead atoms. The average Bonchev–Trinajstić information content (AvgIpc) is 0.768. The number of hydrogen-bond acceptors (Lipinski definition) is 18. The first-order chi connectivity index (χ1) is 45.9. The van der Waals surface area contributed by atoms with Gasteiger partial charge in [0.25, 0.3) is 0 Å². The maximum atomic E-state index is 16.0. The number of phenols is 6. The summed E-state index contributed by atoms with van der Waals surface area (Å²) < 4.78 is 18.6. The van der Waals surface area contributed by atoms with E-state index in [4.69, 9.17) is 43.1 Å². The van der Waals surface area contributed by atoms with Crippen molar-refractivity contribution in [1.82, 2.24) is 37.2 Å². The van der Waals surface area contributed by atoms with Crippen molar-refractivity contribution >= 4 is 64.6 Å². The van der Waals surface area contributed by atoms with Gasteiger partial charge in [-0.25, -0.2) is 0 Å². The number of rotatable bonds is 3. The van der Waals surface area contributed by atoms with Crippen LogP contribution in [0.15, 0.2) is 115 Å². The summed E-state index contributed by atoms with van der Waals surface area (Å²) >= 11 is 13.9. The van der Waals surface area contributed by atoms with E-state index in [0.29, 0.717) is 23.3 Å². The highest BCUT2D eigenvalue weighted by atomic mass is 35.5. The Bertz CT molecular complexity index is 4440. The summed E-state index contributed by atoms with van der Waals surface area (Å²) in [5.74, 6) is -11.5. The third kappa shape index (κ3) is 11.9. The van der Waals surface area contributed by atoms with Crippen molar-refractivity contribution in [3.05, 3.63) is 164 Å². The largest absolute Gasteiger partial charge is 0.508 e. The van der Waals surface area contributed by atoms with Crippen molar-refractivity contribution in [1.29, 1.82) is 0 Å². The Labute approximate surface area is 555 Å². The molecule has 4 saturated carbocycles. The molecule has 0 saturated heterocycles. The number of hydrogen-bond donors (Lipinski definition) is 15. The van der Waals surface area contributed by atoms with E-state index < -0.39 is 136 Å². The van der Waals surface area contributed by atoms with Crippen molar-refractivity contribution in [3.63, 3.8) is 0 Å². The lowest BCUT2D eigenvalue weighted by Gasteiger charge is -2.57. The van der Waals surface area contributed by atoms with Crippen LogP contribution >= 0.6 is 23.2 Å². The summed E-state index contributed by atoms with van der Waals surface area (Å²) in [6.07, 6.45) is 3.60. The van der Waals surface area contributed by atoms with Gasteiger partial charge in [-0.1, -0.05) is 47.5 Å². The Balaban J connectivity index is 0.934. The minimum Gasteiger partial charge on any atom is -0.508 e. The van der Waals surface area contributed by atoms with Crippen LogP contribution in [0.4, 0.5) is 0 Å². The Hall–Kier alpha value is -10.5. The molecule has 4 aliphatic carbocycles. The summed E-state index contributed by atoms with van der Waals surface area (Å²) in [5.41, 5.74) is 5.02. The van der Waals surface area contributed by atoms with E-state index in [0.717, 1.165) is 81.0 Å². The molecule has 96 heavy (non-hydrogen) atoms. The number of aliphatic hydroxyl groups excluding tert-OH is 1. The Kier molecular flexibility index (Phi) is 16.0. The lowest BCUT2D eigenvalue weighted by atomic mass is 9.49. The van der Waals surface area contributed by atoms with Crippen LogP contribution in [0.2, 0.25) is 10.0 Å². The summed E-state index contributed by atoms with van der Waals surface area (Å²) in [6.45, 7) is 0.219. The summed E-state index contributed by atoms with van der Waals surface area (Å²) in [7, 11) is 0. The highest BCUT2D eigenvalue weighted by molar-refractivity contribution is 6.32. The number of benzene rings is 7. The van der Waals surface area contributed by atoms with Crippen molar-refractivity contribution < 1.29 is 83.5 Å². The van der Waals surface area contributed by atoms with Crippen LogP contribution in [0.5, 0.6) is 69.0 Å². The lowest BCUT2D eigenvalue weighted by molar-refractivity contribution is -0.137. The van der Waals surface area contributed by atoms with Gasteiger partial charge in [-0.05, 0) is 180 Å². The molecule has 0 radical (unpaired) electrons. The number of aromatic hydroxyl groups is 6. The topological polar surface area (TPSA) is 399 Å². The molecule has 8 atom stereocenters. The second kappa shape index (κ2) is 24.4. The van der Waals surface area contributed by atoms with Gasteiger partial charge in [-0.2, -0.15) is 0 Å². The zero-order valence-corrected chi connectivity index (χ0v) is 52.0. The summed E-state index contributed by atoms with van der Waals surface area (Å²) in [4.78, 5) is 107. The fourth-order valence-corrected chi connectivity index (χ4v) is 15.6. The number of carbonyl (C=O) groups excluding carboxylic acids is 7. The standard InChI is InChI=1S/C69H62Cl2N8O17/c70-42-12-28-1-7-48(42)95-51-19-36-20-52(61(51)86)96-49-8-4-34(17-43(49)71)60(85)59-68(93)78-58(64(89)73-27-69-24-29-9-30(25-69)11-31(10-29)26-69)41-22-38(81)23-47(84)53(41)40-16-33(3-5-45(40)82)55(65(90)79-59)76-67(92)57(36)77-66(91)56-35-14-37(80)21-39(15-35)94-50-18-32(2-6-46(50)83)54(72)63(88)74-44(13-28)62(87)75-56/h1-8,12,14-23,29-31,44,54-60,80-86H,9-11,13,24-27,72H2,(H,73,89)(H,74,88)(H,75,87)(H,76,92)(H,77,91)(H,78,93)(H,79,90)/t29?,30?,31?,44-,54+,55-,56+,57-,58+,59+,60-,69?/m1/s1. The molecule has 16 N–H and O–H groups in total. The molecule has 7 aromatic rings. The summed E-state index contributed by atoms with van der Waals surface area (Å²) in [6, 6.07) is 9.87. The minimum absolute atomic E-state index is 0.111. The molecule has 4 fully saturated rings. The second-order valence-corrected chi connectivity index (χ2v) is 26.7. The van der Waals surface area contributed by atoms with E-state index in [-0.39, 0.29) is 95.9 Å². The number of nitrogens with two attached hydrogens (primary N) is 1. The highest BCUT2D eigenvalue weighted by Crippen LogP contribution is 2.60. The zero-order chi connectivity index (χ0) is 67.3. The van der Waals surface area contributed by atoms with E-state index in [1.165, 1.54) is 72.8 Å². The third-order valence-corrected chi connectivity index (χ3v) is 19.9. The SMILES string of the molecule is N[C@@H]1C(=O)N[C@@H]2Cc3ccc(c(Cl)c3)Oc3cc4cc(c3O)Oc3ccc(cc3Cl)[C@@H](O)[C@@H]3NC(=O)[C@H](NC(=O)[C@@H]4NC(=O)[C@@H](NC2=O)c2cc(O)cc(c2)Oc2cc1ccc2O)c1ccc(O)c(c1)-c1c(O)cc(O)cc1[C@@H](C(=O)NCC12CC4CC(CC(C4)C1)C2)NC3=O. The van der Waals surface area contributed by atoms with E-state index in [9.17, 15) is 40.5 Å². The number of nitrogens with one attached hydrogen (secondary N) is 7. The second-order valence-electron chi connectivity index (χ2n) is 25.9. The van der Waals surface area contributed by atoms with Gasteiger partial charge in [-0.15, -0.1) is 0 Å². The van der Waals surface area contributed by atoms with Crippen LogP contribution < -0.4 is 57.2 Å². The van der Waals surface area contributed by atoms with Crippen LogP contribution in [0.25, 0.3) is 11.1 Å². The quantitative estimate of drug-likeness (QED) is 0.0829. The maximum Gasteiger partial charge on any atom is 0.248 e. The number of phenolic OH excluding ortho intramolecular Hbond substituents is 6. The number of aliphatic hydroxyl groups is 1. The smallest absolute Gasteiger partial charge is 0.248 e. The minimum atomic E-state index is -2.15. The predicted octanol–water partition coefficient (Wildman–Crippen LogP) is 7.23. The number of carbonyl (C=O) groups is 7. The average molecular weight is 1350 g/mol. The molecule has 0 unspecified atom stereocenters. The van der Waals surface area contributed by atoms with Gasteiger partial charge in [-0.3, -0.25) is 33.6 Å². The predicted molar refractivity (Wildman–Crippen MR) is 341 cm³/mol. The molecule has 17 rings (SSSR count). The maximum absolute atomic E-state index is 16.0. The molecule has 0 aromatic heterocycles. The number of amides is 7. The highest BCUT2D eigenvalue weighted by Gasteiger charge is 2.51. The van der Waals surface area contributed by atoms with E-state index >= 15 is 28.8 Å². The van der Waals surface area contributed by atoms with Crippen molar-refractivity contribution in [2.75, 3.05) is 6.54 Å². The van der Waals surface area contributed by atoms with E-state index in [1.54, 1.807) is 0 Å². The first-order valence-corrected chi connectivity index (χ1v) is 31.7. The molecule has 7 aromatic carbocycles. The van der Waals surface area contributed by atoms with Gasteiger partial charge < -0.3 is 92.9 Å². The van der Waals surface area contributed by atoms with Crippen molar-refractivity contribution in [2.24, 2.45) is 28.9 Å². The van der Waals surface area contributed by atoms with Gasteiger partial charge in [0.1, 0.15) is 88.6 Å². The number of halogens is 2. The Morgan fingerprint density at radius 1 is 0.521 bits per heavy atom. The van der Waals surface area contributed by atoms with Gasteiger partial charge in [0.05, 0.1) is 10.0 Å². The van der Waals surface area contributed by atoms with Crippen LogP contribution in [-0.4, -0.2) is 95.7 Å². The molecule has 6 aliphatic heterocycles. The molecule has 0 spiro atoms. The fourth-order valence-electron chi connectivity index (χ4n) is 15.1. The van der Waals surface area contributed by atoms with Gasteiger partial charge in [0.2, 0.25) is 47.1 Å². The first-order valence-electron chi connectivity index (χ1n) is 31.0. The molecule has 27 heteroatoms. The zero-order valence-electron chi connectivity index (χ0n) is 50.5. The van der Waals surface area contributed by atoms with Gasteiger partial charge >= 0.3 is 0 Å². The monoisotopic (exact) mass is 1340 g/mol. The normalized spacial score (nSPS) is 26.6. The van der Waals surface area contributed by atoms with E-state index in [2.05, 4.69) is 37.2 Å². The molecule has 7 amide bonds. The summed E-state index contributed by atoms with van der Waals surface area (Å²) in [5, 5.41) is 101. The van der Waals surface area contributed by atoms with Crippen molar-refractivity contribution in [3.8, 4) is 80.1 Å². The van der Waals surface area contributed by atoms with Crippen LogP contribution in [0.3, 0.4) is 0 Å². The molecule has 494 valence electrons. The van der Waals surface area contributed by atoms with Gasteiger partial charge in [0.15, 0.2) is 23.0 Å². The van der Waals surface area contributed by atoms with Crippen LogP contribution in [0, 0.1) is 23.2 Å². The molecule has 6 heterocycles. The van der Waals surface area contributed by atoms with Crippen LogP contribution in [-0.2, 0) is 40.0 Å². The molecule has 10 aliphatic rings. The number of ether oxygens (including phenoxy) is 3. The first kappa shape index (κ1) is 63.0.